The molecule has 2 nitrogen and oxygen atoms in total. The Morgan fingerprint density at radius 2 is 2.00 bits per heavy atom. The monoisotopic (exact) mass is 278 g/mol. The van der Waals surface area contributed by atoms with Gasteiger partial charge in [0.25, 0.3) is 0 Å². The molecule has 0 fully saturated rings. The van der Waals surface area contributed by atoms with E-state index in [0.29, 0.717) is 18.8 Å². The average molecular weight is 278 g/mol. The van der Waals surface area contributed by atoms with Crippen molar-refractivity contribution < 1.29 is 13.9 Å². The van der Waals surface area contributed by atoms with Crippen LogP contribution >= 0.6 is 11.8 Å². The van der Waals surface area contributed by atoms with E-state index in [1.807, 2.05) is 6.92 Å². The topological polar surface area (TPSA) is 26.3 Å². The van der Waals surface area contributed by atoms with Gasteiger partial charge in [-0.2, -0.15) is 0 Å². The zero-order chi connectivity index (χ0) is 14.0. The van der Waals surface area contributed by atoms with Crippen LogP contribution in [-0.4, -0.2) is 30.3 Å². The summed E-state index contributed by atoms with van der Waals surface area (Å²) in [6.07, 6.45) is 3.30. The van der Waals surface area contributed by atoms with Crippen molar-refractivity contribution >= 4 is 17.7 Å². The van der Waals surface area contributed by atoms with Gasteiger partial charge >= 0.3 is 5.97 Å². The second-order valence-corrected chi connectivity index (χ2v) is 6.32. The third kappa shape index (κ3) is 8.78. The molecule has 0 rings (SSSR count). The fourth-order valence-corrected chi connectivity index (χ4v) is 3.10. The highest BCUT2D eigenvalue weighted by molar-refractivity contribution is 8.00. The first-order valence-corrected chi connectivity index (χ1v) is 7.89. The lowest BCUT2D eigenvalue weighted by atomic mass is 10.1. The van der Waals surface area contributed by atoms with E-state index in [0.717, 1.165) is 25.0 Å². The molecule has 0 aromatic carbocycles. The molecule has 2 unspecified atom stereocenters. The van der Waals surface area contributed by atoms with Crippen molar-refractivity contribution in [3.8, 4) is 0 Å². The minimum Gasteiger partial charge on any atom is -0.468 e. The van der Waals surface area contributed by atoms with Gasteiger partial charge in [-0.25, -0.2) is 4.39 Å². The van der Waals surface area contributed by atoms with Crippen molar-refractivity contribution in [2.75, 3.05) is 12.9 Å². The van der Waals surface area contributed by atoms with Gasteiger partial charge in [0.05, 0.1) is 13.3 Å². The van der Waals surface area contributed by atoms with Crippen molar-refractivity contribution in [1.29, 1.82) is 0 Å². The lowest BCUT2D eigenvalue weighted by Crippen LogP contribution is -2.21. The zero-order valence-electron chi connectivity index (χ0n) is 12.1. The Kier molecular flexibility index (Phi) is 10.5. The van der Waals surface area contributed by atoms with E-state index in [9.17, 15) is 9.18 Å². The Hall–Kier alpha value is -0.250. The van der Waals surface area contributed by atoms with Gasteiger partial charge in [-0.05, 0) is 43.8 Å². The van der Waals surface area contributed by atoms with E-state index in [1.165, 1.54) is 7.11 Å². The summed E-state index contributed by atoms with van der Waals surface area (Å²) in [5, 5.41) is -0.0673. The summed E-state index contributed by atoms with van der Waals surface area (Å²) in [4.78, 5) is 11.6. The van der Waals surface area contributed by atoms with Crippen LogP contribution in [0.25, 0.3) is 0 Å². The quantitative estimate of drug-likeness (QED) is 0.442. The van der Waals surface area contributed by atoms with E-state index in [2.05, 4.69) is 13.8 Å². The van der Waals surface area contributed by atoms with Crippen LogP contribution < -0.4 is 0 Å². The number of thioether (sulfide) groups is 1. The molecule has 108 valence electrons. The Morgan fingerprint density at radius 1 is 1.33 bits per heavy atom. The summed E-state index contributed by atoms with van der Waals surface area (Å²) in [6, 6.07) is 0. The molecule has 4 heteroatoms. The van der Waals surface area contributed by atoms with Gasteiger partial charge in [0.2, 0.25) is 0 Å². The molecule has 0 aliphatic carbocycles. The predicted octanol–water partition coefficient (Wildman–Crippen LogP) is 4.23. The van der Waals surface area contributed by atoms with E-state index in [4.69, 9.17) is 4.74 Å². The van der Waals surface area contributed by atoms with Gasteiger partial charge in [0.15, 0.2) is 0 Å². The standard InChI is InChI=1S/C14H27FO2S/c1-5-12(15)8-6-7-9-18-13(10-11(2)3)14(16)17-4/h11-13H,5-10H2,1-4H3. The molecule has 0 aromatic rings. The van der Waals surface area contributed by atoms with E-state index in [1.54, 1.807) is 11.8 Å². The van der Waals surface area contributed by atoms with Crippen molar-refractivity contribution in [2.45, 2.75) is 64.3 Å². The van der Waals surface area contributed by atoms with Crippen LogP contribution in [0.5, 0.6) is 0 Å². The van der Waals surface area contributed by atoms with Gasteiger partial charge in [0, 0.05) is 0 Å². The number of esters is 1. The summed E-state index contributed by atoms with van der Waals surface area (Å²) >= 11 is 1.64. The summed E-state index contributed by atoms with van der Waals surface area (Å²) in [6.45, 7) is 6.08. The molecule has 0 radical (unpaired) electrons. The molecule has 18 heavy (non-hydrogen) atoms. The second-order valence-electron chi connectivity index (χ2n) is 5.01. The van der Waals surface area contributed by atoms with Gasteiger partial charge in [0.1, 0.15) is 5.25 Å². The van der Waals surface area contributed by atoms with Gasteiger partial charge in [-0.15, -0.1) is 11.8 Å². The number of carbonyl (C=O) groups is 1. The van der Waals surface area contributed by atoms with Crippen molar-refractivity contribution in [3.63, 3.8) is 0 Å². The molecular formula is C14H27FO2S. The molecule has 0 aromatic heterocycles. The van der Waals surface area contributed by atoms with Crippen LogP contribution in [0.1, 0.15) is 52.9 Å². The summed E-state index contributed by atoms with van der Waals surface area (Å²) in [5.74, 6) is 1.26. The molecule has 0 saturated heterocycles. The van der Waals surface area contributed by atoms with Crippen LogP contribution in [0.4, 0.5) is 4.39 Å². The molecule has 0 aliphatic rings. The van der Waals surface area contributed by atoms with Gasteiger partial charge in [-0.1, -0.05) is 20.8 Å². The number of carbonyl (C=O) groups excluding carboxylic acids is 1. The molecule has 0 bridgehead atoms. The first kappa shape index (κ1) is 17.8. The molecular weight excluding hydrogens is 251 g/mol. The van der Waals surface area contributed by atoms with Crippen LogP contribution in [0.3, 0.4) is 0 Å². The summed E-state index contributed by atoms with van der Waals surface area (Å²) in [5.41, 5.74) is 0. The van der Waals surface area contributed by atoms with E-state index < -0.39 is 6.17 Å². The molecule has 0 saturated carbocycles. The van der Waals surface area contributed by atoms with Crippen LogP contribution in [0.2, 0.25) is 0 Å². The SMILES string of the molecule is CCC(F)CCCCSC(CC(C)C)C(=O)OC. The highest BCUT2D eigenvalue weighted by atomic mass is 32.2. The maximum absolute atomic E-state index is 13.0. The number of halogens is 1. The lowest BCUT2D eigenvalue weighted by Gasteiger charge is -2.16. The number of alkyl halides is 1. The number of rotatable bonds is 10. The Balaban J connectivity index is 3.79. The summed E-state index contributed by atoms with van der Waals surface area (Å²) < 4.78 is 17.8. The largest absolute Gasteiger partial charge is 0.468 e. The lowest BCUT2D eigenvalue weighted by molar-refractivity contribution is -0.140. The average Bonchev–Trinajstić information content (AvgIpc) is 2.35. The van der Waals surface area contributed by atoms with E-state index >= 15 is 0 Å². The Bertz CT molecular complexity index is 222. The fourth-order valence-electron chi connectivity index (χ4n) is 1.69. The molecule has 0 N–H and O–H groups in total. The third-order valence-electron chi connectivity index (χ3n) is 2.82. The Morgan fingerprint density at radius 3 is 2.50 bits per heavy atom. The minimum absolute atomic E-state index is 0.0673. The second kappa shape index (κ2) is 10.7. The molecule has 2 atom stereocenters. The van der Waals surface area contributed by atoms with Gasteiger partial charge in [-0.3, -0.25) is 4.79 Å². The van der Waals surface area contributed by atoms with Crippen LogP contribution in [0.15, 0.2) is 0 Å². The summed E-state index contributed by atoms with van der Waals surface area (Å²) in [7, 11) is 1.44. The minimum atomic E-state index is -0.665. The zero-order valence-corrected chi connectivity index (χ0v) is 12.9. The maximum atomic E-state index is 13.0. The normalized spacial score (nSPS) is 14.6. The highest BCUT2D eigenvalue weighted by Gasteiger charge is 2.20. The first-order chi connectivity index (χ1) is 8.51. The third-order valence-corrected chi connectivity index (χ3v) is 4.13. The molecule has 0 heterocycles. The Labute approximate surface area is 115 Å². The van der Waals surface area contributed by atoms with Crippen molar-refractivity contribution in [3.05, 3.63) is 0 Å². The van der Waals surface area contributed by atoms with Crippen molar-refractivity contribution in [2.24, 2.45) is 5.92 Å². The number of ether oxygens (including phenoxy) is 1. The smallest absolute Gasteiger partial charge is 0.318 e. The van der Waals surface area contributed by atoms with Crippen molar-refractivity contribution in [1.82, 2.24) is 0 Å². The molecule has 0 aliphatic heterocycles. The number of methoxy groups -OCH3 is 1. The van der Waals surface area contributed by atoms with Crippen LogP contribution in [-0.2, 0) is 9.53 Å². The number of hydrogen-bond donors (Lipinski definition) is 0. The van der Waals surface area contributed by atoms with Crippen LogP contribution in [0, 0.1) is 5.92 Å². The predicted molar refractivity (Wildman–Crippen MR) is 76.8 cm³/mol. The fraction of sp³-hybridized carbons (Fsp3) is 0.929. The van der Waals surface area contributed by atoms with Gasteiger partial charge < -0.3 is 4.74 Å². The number of unbranched alkanes of at least 4 members (excludes halogenated alkanes) is 1. The number of hydrogen-bond acceptors (Lipinski definition) is 3. The molecule has 0 spiro atoms. The van der Waals surface area contributed by atoms with E-state index in [-0.39, 0.29) is 11.2 Å². The molecule has 0 amide bonds. The maximum Gasteiger partial charge on any atom is 0.318 e. The first-order valence-electron chi connectivity index (χ1n) is 6.84. The highest BCUT2D eigenvalue weighted by Crippen LogP contribution is 2.22.